The number of aromatic hydroxyl groups is 1. The number of benzene rings is 1. The highest BCUT2D eigenvalue weighted by Gasteiger charge is 2.64. The van der Waals surface area contributed by atoms with E-state index < -0.39 is 69.6 Å². The van der Waals surface area contributed by atoms with E-state index in [4.69, 9.17) is 5.73 Å². The van der Waals surface area contributed by atoms with E-state index in [0.29, 0.717) is 13.1 Å². The predicted molar refractivity (Wildman–Crippen MR) is 145 cm³/mol. The van der Waals surface area contributed by atoms with Gasteiger partial charge >= 0.3 is 0 Å². The number of phenolic OH excluding ortho intramolecular Hbond substituents is 1. The first kappa shape index (κ1) is 30.4. The topological polar surface area (TPSA) is 182 Å². The van der Waals surface area contributed by atoms with Crippen molar-refractivity contribution in [2.45, 2.75) is 51.3 Å². The Hall–Kier alpha value is -3.61. The van der Waals surface area contributed by atoms with Crippen LogP contribution in [-0.2, 0) is 32.1 Å². The van der Waals surface area contributed by atoms with Gasteiger partial charge in [0.15, 0.2) is 11.4 Å². The zero-order valence-electron chi connectivity index (χ0n) is 23.5. The SMILES string of the molecule is CC(C)CN(CCC=O)Cc1cc(O)c2c(c1F)C[C@H]1C[C@H]3[C@H](N(C)C)C(=O)C(C(N)=O)=C(O)[C@@]3(O)C(=O)C1=C2O. The lowest BCUT2D eigenvalue weighted by Crippen LogP contribution is -2.65. The summed E-state index contributed by atoms with van der Waals surface area (Å²) < 4.78 is 16.0. The number of fused-ring (bicyclic) bond motifs is 3. The number of aldehydes is 1. The molecule has 3 aliphatic rings. The van der Waals surface area contributed by atoms with Crippen molar-refractivity contribution in [3.63, 3.8) is 0 Å². The van der Waals surface area contributed by atoms with Crippen LogP contribution in [0.4, 0.5) is 4.39 Å². The first-order valence-corrected chi connectivity index (χ1v) is 13.5. The molecule has 1 fully saturated rings. The molecule has 0 radical (unpaired) electrons. The minimum atomic E-state index is -2.76. The highest BCUT2D eigenvalue weighted by Crippen LogP contribution is 2.53. The Balaban J connectivity index is 1.84. The minimum Gasteiger partial charge on any atom is -0.508 e. The van der Waals surface area contributed by atoms with Gasteiger partial charge in [0.2, 0.25) is 5.78 Å². The van der Waals surface area contributed by atoms with Gasteiger partial charge in [0.25, 0.3) is 5.91 Å². The van der Waals surface area contributed by atoms with E-state index in [1.54, 1.807) is 0 Å². The zero-order chi connectivity index (χ0) is 30.5. The molecule has 12 heteroatoms. The summed E-state index contributed by atoms with van der Waals surface area (Å²) >= 11 is 0. The van der Waals surface area contributed by atoms with Crippen LogP contribution in [0, 0.1) is 23.6 Å². The number of amides is 1. The molecular formula is C29H36FN3O8. The molecule has 11 nitrogen and oxygen atoms in total. The fourth-order valence-corrected chi connectivity index (χ4v) is 6.69. The first-order valence-electron chi connectivity index (χ1n) is 13.5. The van der Waals surface area contributed by atoms with Gasteiger partial charge in [0, 0.05) is 48.7 Å². The Kier molecular flexibility index (Phi) is 8.14. The molecule has 0 unspecified atom stereocenters. The van der Waals surface area contributed by atoms with Crippen LogP contribution in [0.2, 0.25) is 0 Å². The summed E-state index contributed by atoms with van der Waals surface area (Å²) in [5.74, 6) is -8.32. The molecule has 4 atom stereocenters. The van der Waals surface area contributed by atoms with E-state index in [1.807, 2.05) is 18.7 Å². The van der Waals surface area contributed by atoms with Gasteiger partial charge in [0.05, 0.1) is 11.6 Å². The predicted octanol–water partition coefficient (Wildman–Crippen LogP) is 1.15. The van der Waals surface area contributed by atoms with Crippen LogP contribution < -0.4 is 5.73 Å². The number of likely N-dealkylation sites (N-methyl/N-ethyl adjacent to an activating group) is 1. The monoisotopic (exact) mass is 573 g/mol. The van der Waals surface area contributed by atoms with E-state index in [2.05, 4.69) is 0 Å². The molecule has 222 valence electrons. The Bertz CT molecular complexity index is 1380. The number of ketones is 2. The Morgan fingerprint density at radius 1 is 1.24 bits per heavy atom. The third-order valence-electron chi connectivity index (χ3n) is 8.31. The molecule has 0 spiro atoms. The largest absolute Gasteiger partial charge is 0.508 e. The molecule has 1 amide bonds. The third kappa shape index (κ3) is 4.83. The van der Waals surface area contributed by atoms with Gasteiger partial charge in [-0.05, 0) is 44.8 Å². The van der Waals surface area contributed by atoms with Crippen molar-refractivity contribution in [2.75, 3.05) is 27.2 Å². The number of primary amides is 1. The summed E-state index contributed by atoms with van der Waals surface area (Å²) in [4.78, 5) is 53.3. The molecule has 6 N–H and O–H groups in total. The molecule has 41 heavy (non-hydrogen) atoms. The summed E-state index contributed by atoms with van der Waals surface area (Å²) in [7, 11) is 3.01. The highest BCUT2D eigenvalue weighted by molar-refractivity contribution is 6.24. The van der Waals surface area contributed by atoms with Crippen molar-refractivity contribution in [3.05, 3.63) is 45.5 Å². The number of nitrogens with zero attached hydrogens (tertiary/aromatic N) is 2. The second-order valence-electron chi connectivity index (χ2n) is 11.8. The van der Waals surface area contributed by atoms with E-state index in [1.165, 1.54) is 19.0 Å². The number of aliphatic hydroxyl groups is 3. The van der Waals surface area contributed by atoms with Crippen molar-refractivity contribution < 1.29 is 44.0 Å². The lowest BCUT2D eigenvalue weighted by atomic mass is 9.57. The molecule has 0 bridgehead atoms. The third-order valence-corrected chi connectivity index (χ3v) is 8.31. The van der Waals surface area contributed by atoms with E-state index in [9.17, 15) is 39.6 Å². The van der Waals surface area contributed by atoms with Crippen LogP contribution in [0.15, 0.2) is 23.0 Å². The molecule has 0 saturated heterocycles. The highest BCUT2D eigenvalue weighted by atomic mass is 19.1. The van der Waals surface area contributed by atoms with Gasteiger partial charge < -0.3 is 31.0 Å². The second-order valence-corrected chi connectivity index (χ2v) is 11.8. The standard InChI is InChI=1S/C29H36FN3O8/c1-13(2)11-33(6-5-7-34)12-15-10-18(35)20-16(22(15)30)8-14-9-17-23(32(3)4)25(37)21(28(31)40)27(39)29(17,41)26(38)19(14)24(20)36/h7,10,13-14,17,23,35-36,39,41H,5-6,8-9,11-12H2,1-4H3,(H2,31,40)/t14-,17-,23-,29-/m0/s1. The Morgan fingerprint density at radius 2 is 1.90 bits per heavy atom. The number of hydrogen-bond acceptors (Lipinski definition) is 10. The second kappa shape index (κ2) is 11.0. The average Bonchev–Trinajstić information content (AvgIpc) is 2.86. The van der Waals surface area contributed by atoms with E-state index in [0.717, 1.165) is 12.4 Å². The summed E-state index contributed by atoms with van der Waals surface area (Å²) in [5.41, 5.74) is 1.15. The summed E-state index contributed by atoms with van der Waals surface area (Å²) in [6, 6.07) is -0.0618. The smallest absolute Gasteiger partial charge is 0.255 e. The molecular weight excluding hydrogens is 537 g/mol. The maximum Gasteiger partial charge on any atom is 0.255 e. The average molecular weight is 574 g/mol. The van der Waals surface area contributed by atoms with Gasteiger partial charge in [0.1, 0.15) is 34.9 Å². The van der Waals surface area contributed by atoms with Crippen LogP contribution >= 0.6 is 0 Å². The fourth-order valence-electron chi connectivity index (χ4n) is 6.69. The minimum absolute atomic E-state index is 0.0227. The van der Waals surface area contributed by atoms with Crippen LogP contribution in [0.1, 0.15) is 43.4 Å². The van der Waals surface area contributed by atoms with Crippen molar-refractivity contribution in [2.24, 2.45) is 23.5 Å². The van der Waals surface area contributed by atoms with Gasteiger partial charge in [-0.15, -0.1) is 0 Å². The lowest BCUT2D eigenvalue weighted by molar-refractivity contribution is -0.153. The van der Waals surface area contributed by atoms with Gasteiger partial charge in [-0.1, -0.05) is 13.8 Å². The quantitative estimate of drug-likeness (QED) is 0.212. The van der Waals surface area contributed by atoms with Crippen molar-refractivity contribution in [1.29, 1.82) is 0 Å². The number of Topliss-reactive ketones (excluding diaryl/α,β-unsaturated/α-hetero) is 2. The maximum absolute atomic E-state index is 16.0. The van der Waals surface area contributed by atoms with Crippen molar-refractivity contribution in [3.8, 4) is 5.75 Å². The summed E-state index contributed by atoms with van der Waals surface area (Å²) in [6.07, 6.45) is 0.752. The molecule has 1 aromatic rings. The number of hydrogen-bond donors (Lipinski definition) is 5. The number of phenols is 1. The summed E-state index contributed by atoms with van der Waals surface area (Å²) in [5, 5.41) is 44.7. The molecule has 0 aliphatic heterocycles. The van der Waals surface area contributed by atoms with E-state index >= 15 is 4.39 Å². The summed E-state index contributed by atoms with van der Waals surface area (Å²) in [6.45, 7) is 5.01. The first-order chi connectivity index (χ1) is 19.2. The molecule has 0 aromatic heterocycles. The number of aliphatic hydroxyl groups excluding tert-OH is 2. The fraction of sp³-hybridized carbons (Fsp3) is 0.517. The number of halogens is 1. The van der Waals surface area contributed by atoms with Gasteiger partial charge in [-0.3, -0.25) is 24.2 Å². The van der Waals surface area contributed by atoms with Crippen molar-refractivity contribution >= 4 is 29.5 Å². The number of carbonyl (C=O) groups is 4. The molecule has 1 saturated carbocycles. The number of rotatable bonds is 9. The van der Waals surface area contributed by atoms with Gasteiger partial charge in [-0.2, -0.15) is 0 Å². The Labute approximate surface area is 236 Å². The Morgan fingerprint density at radius 3 is 2.46 bits per heavy atom. The zero-order valence-corrected chi connectivity index (χ0v) is 23.5. The van der Waals surface area contributed by atoms with Crippen molar-refractivity contribution in [1.82, 2.24) is 9.80 Å². The van der Waals surface area contributed by atoms with Crippen LogP contribution in [0.5, 0.6) is 5.75 Å². The van der Waals surface area contributed by atoms with Gasteiger partial charge in [-0.25, -0.2) is 4.39 Å². The molecule has 0 heterocycles. The molecule has 1 aromatic carbocycles. The number of carbonyl (C=O) groups excluding carboxylic acids is 4. The normalized spacial score (nSPS) is 26.0. The molecule has 3 aliphatic carbocycles. The lowest BCUT2D eigenvalue weighted by Gasteiger charge is -2.50. The van der Waals surface area contributed by atoms with Crippen LogP contribution in [0.25, 0.3) is 5.76 Å². The van der Waals surface area contributed by atoms with E-state index in [-0.39, 0.29) is 54.0 Å². The van der Waals surface area contributed by atoms with Crippen LogP contribution in [-0.4, -0.2) is 92.8 Å². The maximum atomic E-state index is 16.0. The number of nitrogens with two attached hydrogens (primary N) is 1. The molecule has 4 rings (SSSR count). The van der Waals surface area contributed by atoms with Crippen LogP contribution in [0.3, 0.4) is 0 Å².